The first-order chi connectivity index (χ1) is 9.74. The minimum Gasteiger partial charge on any atom is -0.314 e. The van der Waals surface area contributed by atoms with Gasteiger partial charge in [0.05, 0.1) is 5.69 Å². The molecule has 2 aliphatic rings. The first-order valence-corrected chi connectivity index (χ1v) is 8.21. The molecule has 3 rings (SSSR count). The number of hydrogen-bond acceptors (Lipinski definition) is 3. The fourth-order valence-electron chi connectivity index (χ4n) is 3.20. The molecule has 4 heteroatoms. The van der Waals surface area contributed by atoms with E-state index in [1.807, 2.05) is 11.7 Å². The Kier molecular flexibility index (Phi) is 4.41. The van der Waals surface area contributed by atoms with Gasteiger partial charge in [0.2, 0.25) is 0 Å². The van der Waals surface area contributed by atoms with Crippen molar-refractivity contribution in [2.45, 2.75) is 51.6 Å². The number of hydrogen-bond donors (Lipinski definition) is 1. The maximum absolute atomic E-state index is 4.54. The molecule has 0 unspecified atom stereocenters. The van der Waals surface area contributed by atoms with Crippen molar-refractivity contribution in [3.8, 4) is 0 Å². The van der Waals surface area contributed by atoms with Gasteiger partial charge < -0.3 is 5.32 Å². The summed E-state index contributed by atoms with van der Waals surface area (Å²) >= 11 is 0. The van der Waals surface area contributed by atoms with E-state index in [0.717, 1.165) is 24.9 Å². The molecule has 2 heterocycles. The molecule has 1 aliphatic carbocycles. The maximum atomic E-state index is 4.54. The van der Waals surface area contributed by atoms with Crippen LogP contribution in [-0.4, -0.2) is 40.4 Å². The van der Waals surface area contributed by atoms with Crippen LogP contribution >= 0.6 is 0 Å². The molecule has 1 N–H and O–H groups in total. The fraction of sp³-hybridized carbons (Fsp3) is 0.812. The number of piperidine rings is 1. The van der Waals surface area contributed by atoms with Crippen molar-refractivity contribution in [1.82, 2.24) is 20.0 Å². The topological polar surface area (TPSA) is 33.1 Å². The highest BCUT2D eigenvalue weighted by Crippen LogP contribution is 2.28. The molecule has 0 bridgehead atoms. The molecule has 4 nitrogen and oxygen atoms in total. The van der Waals surface area contributed by atoms with Crippen LogP contribution in [0.3, 0.4) is 0 Å². The average molecular weight is 276 g/mol. The van der Waals surface area contributed by atoms with Gasteiger partial charge in [-0.05, 0) is 57.7 Å². The second-order valence-electron chi connectivity index (χ2n) is 6.53. The highest BCUT2D eigenvalue weighted by Gasteiger charge is 2.24. The molecule has 0 aromatic carbocycles. The van der Waals surface area contributed by atoms with E-state index >= 15 is 0 Å². The third kappa shape index (κ3) is 3.61. The molecule has 1 aliphatic heterocycles. The Labute approximate surface area is 122 Å². The third-order valence-corrected chi connectivity index (χ3v) is 4.70. The Morgan fingerprint density at radius 2 is 2.00 bits per heavy atom. The second-order valence-corrected chi connectivity index (χ2v) is 6.53. The Morgan fingerprint density at radius 3 is 2.65 bits per heavy atom. The summed E-state index contributed by atoms with van der Waals surface area (Å²) in [5, 5.41) is 8.29. The molecule has 20 heavy (non-hydrogen) atoms. The maximum Gasteiger partial charge on any atom is 0.0666 e. The number of aryl methyl sites for hydroxylation is 2. The van der Waals surface area contributed by atoms with E-state index in [1.54, 1.807) is 0 Å². The largest absolute Gasteiger partial charge is 0.314 e. The summed E-state index contributed by atoms with van der Waals surface area (Å²) in [6.07, 6.45) is 8.73. The molecular weight excluding hydrogens is 248 g/mol. The summed E-state index contributed by atoms with van der Waals surface area (Å²) in [7, 11) is 2.02. The van der Waals surface area contributed by atoms with Crippen LogP contribution in [0.4, 0.5) is 0 Å². The van der Waals surface area contributed by atoms with Crippen molar-refractivity contribution < 1.29 is 0 Å². The van der Waals surface area contributed by atoms with Crippen molar-refractivity contribution in [2.24, 2.45) is 13.0 Å². The van der Waals surface area contributed by atoms with Crippen LogP contribution < -0.4 is 5.32 Å². The Morgan fingerprint density at radius 1 is 1.25 bits per heavy atom. The Bertz CT molecular complexity index is 428. The number of aromatic nitrogens is 2. The minimum absolute atomic E-state index is 0.756. The molecule has 112 valence electrons. The van der Waals surface area contributed by atoms with Gasteiger partial charge in [0, 0.05) is 31.4 Å². The summed E-state index contributed by atoms with van der Waals surface area (Å²) in [4.78, 5) is 2.59. The van der Waals surface area contributed by atoms with Crippen LogP contribution in [0.25, 0.3) is 0 Å². The van der Waals surface area contributed by atoms with Gasteiger partial charge in [-0.1, -0.05) is 6.92 Å². The number of rotatable bonds is 6. The molecule has 1 saturated carbocycles. The highest BCUT2D eigenvalue weighted by molar-refractivity contribution is 5.17. The van der Waals surface area contributed by atoms with E-state index < -0.39 is 0 Å². The smallest absolute Gasteiger partial charge is 0.0666 e. The highest BCUT2D eigenvalue weighted by atomic mass is 15.3. The fourth-order valence-corrected chi connectivity index (χ4v) is 3.20. The van der Waals surface area contributed by atoms with Crippen LogP contribution in [-0.2, 0) is 20.0 Å². The molecule has 2 fully saturated rings. The van der Waals surface area contributed by atoms with E-state index in [9.17, 15) is 0 Å². The van der Waals surface area contributed by atoms with Crippen LogP contribution in [0.5, 0.6) is 0 Å². The normalized spacial score (nSPS) is 21.5. The van der Waals surface area contributed by atoms with Crippen LogP contribution in [0.1, 0.15) is 43.9 Å². The first-order valence-electron chi connectivity index (χ1n) is 8.21. The van der Waals surface area contributed by atoms with E-state index in [4.69, 9.17) is 0 Å². The summed E-state index contributed by atoms with van der Waals surface area (Å²) in [5.41, 5.74) is 2.68. The Balaban J connectivity index is 1.45. The van der Waals surface area contributed by atoms with Gasteiger partial charge in [-0.2, -0.15) is 5.10 Å². The second kappa shape index (κ2) is 6.27. The molecule has 1 saturated heterocycles. The molecular formula is C16H28N4. The van der Waals surface area contributed by atoms with E-state index in [2.05, 4.69) is 28.4 Å². The molecule has 0 spiro atoms. The summed E-state index contributed by atoms with van der Waals surface area (Å²) in [5.74, 6) is 0.996. The monoisotopic (exact) mass is 276 g/mol. The van der Waals surface area contributed by atoms with Gasteiger partial charge in [-0.25, -0.2) is 0 Å². The van der Waals surface area contributed by atoms with E-state index in [0.29, 0.717) is 0 Å². The van der Waals surface area contributed by atoms with Gasteiger partial charge in [0.15, 0.2) is 0 Å². The summed E-state index contributed by atoms with van der Waals surface area (Å²) < 4.78 is 1.96. The Hall–Kier alpha value is -0.870. The van der Waals surface area contributed by atoms with Crippen LogP contribution in [0, 0.1) is 5.92 Å². The number of nitrogens with zero attached hydrogens (tertiary/aromatic N) is 3. The molecule has 0 atom stereocenters. The zero-order valence-electron chi connectivity index (χ0n) is 12.9. The lowest BCUT2D eigenvalue weighted by atomic mass is 10.0. The lowest BCUT2D eigenvalue weighted by Gasteiger charge is -2.32. The molecule has 1 aromatic rings. The van der Waals surface area contributed by atoms with Crippen LogP contribution in [0.15, 0.2) is 6.20 Å². The number of nitrogens with one attached hydrogen (secondary N) is 1. The zero-order chi connectivity index (χ0) is 13.9. The predicted molar refractivity (Wildman–Crippen MR) is 81.6 cm³/mol. The van der Waals surface area contributed by atoms with E-state index in [-0.39, 0.29) is 0 Å². The van der Waals surface area contributed by atoms with Gasteiger partial charge in [0.25, 0.3) is 0 Å². The molecule has 0 radical (unpaired) electrons. The van der Waals surface area contributed by atoms with Crippen molar-refractivity contribution >= 4 is 0 Å². The van der Waals surface area contributed by atoms with Crippen molar-refractivity contribution in [1.29, 1.82) is 0 Å². The molecule has 1 aromatic heterocycles. The van der Waals surface area contributed by atoms with Gasteiger partial charge in [0.1, 0.15) is 0 Å². The van der Waals surface area contributed by atoms with E-state index in [1.165, 1.54) is 56.6 Å². The first kappa shape index (κ1) is 14.1. The summed E-state index contributed by atoms with van der Waals surface area (Å²) in [6, 6.07) is 0.756. The predicted octanol–water partition coefficient (Wildman–Crippen LogP) is 1.95. The van der Waals surface area contributed by atoms with Crippen molar-refractivity contribution in [3.05, 3.63) is 17.5 Å². The average Bonchev–Trinajstić information content (AvgIpc) is 3.21. The third-order valence-electron chi connectivity index (χ3n) is 4.70. The van der Waals surface area contributed by atoms with Gasteiger partial charge >= 0.3 is 0 Å². The molecule has 0 amide bonds. The van der Waals surface area contributed by atoms with Gasteiger partial charge in [-0.3, -0.25) is 9.58 Å². The lowest BCUT2D eigenvalue weighted by Crippen LogP contribution is -2.42. The minimum atomic E-state index is 0.756. The zero-order valence-corrected chi connectivity index (χ0v) is 12.9. The van der Waals surface area contributed by atoms with Gasteiger partial charge in [-0.15, -0.1) is 0 Å². The SMILES string of the molecule is CCc1nn(C)cc1CN1CCC(NCC2CC2)CC1. The van der Waals surface area contributed by atoms with Crippen molar-refractivity contribution in [2.75, 3.05) is 19.6 Å². The van der Waals surface area contributed by atoms with Crippen LogP contribution in [0.2, 0.25) is 0 Å². The quantitative estimate of drug-likeness (QED) is 0.862. The summed E-state index contributed by atoms with van der Waals surface area (Å²) in [6.45, 7) is 6.97. The standard InChI is InChI=1S/C16H28N4/c1-3-16-14(11-19(2)18-16)12-20-8-6-15(7-9-20)17-10-13-4-5-13/h11,13,15,17H,3-10,12H2,1-2H3. The van der Waals surface area contributed by atoms with Crippen molar-refractivity contribution in [3.63, 3.8) is 0 Å². The lowest BCUT2D eigenvalue weighted by molar-refractivity contribution is 0.189. The number of likely N-dealkylation sites (tertiary alicyclic amines) is 1.